The van der Waals surface area contributed by atoms with Gasteiger partial charge in [0.05, 0.1) is 6.61 Å². The van der Waals surface area contributed by atoms with Gasteiger partial charge in [-0.05, 0) is 12.1 Å². The first-order chi connectivity index (χ1) is 9.02. The fourth-order valence-corrected chi connectivity index (χ4v) is 2.01. The average Bonchev–Trinajstić information content (AvgIpc) is 2.40. The number of rotatable bonds is 2. The quantitative estimate of drug-likeness (QED) is 0.549. The van der Waals surface area contributed by atoms with Crippen molar-refractivity contribution in [2.45, 2.75) is 24.5 Å². The summed E-state index contributed by atoms with van der Waals surface area (Å²) < 4.78 is 5.22. The Labute approximate surface area is 109 Å². The third-order valence-corrected chi connectivity index (χ3v) is 3.00. The van der Waals surface area contributed by atoms with Crippen LogP contribution in [0.2, 0.25) is 0 Å². The minimum absolute atomic E-state index is 0.195. The first-order valence-corrected chi connectivity index (χ1v) is 5.82. The summed E-state index contributed by atoms with van der Waals surface area (Å²) in [5.74, 6) is 0. The molecule has 1 unspecified atom stereocenters. The molecular formula is C12H16N2O5. The summed E-state index contributed by atoms with van der Waals surface area (Å²) in [4.78, 5) is 12.6. The van der Waals surface area contributed by atoms with Crippen LogP contribution in [0.15, 0.2) is 30.3 Å². The highest BCUT2D eigenvalue weighted by Crippen LogP contribution is 2.24. The molecule has 7 nitrogen and oxygen atoms in total. The van der Waals surface area contributed by atoms with Gasteiger partial charge in [-0.1, -0.05) is 18.2 Å². The predicted octanol–water partition coefficient (Wildman–Crippen LogP) is -0.989. The molecule has 1 fully saturated rings. The Morgan fingerprint density at radius 2 is 1.84 bits per heavy atom. The lowest BCUT2D eigenvalue weighted by molar-refractivity contribution is -0.184. The number of carbonyl (C=O) groups is 1. The van der Waals surface area contributed by atoms with Crippen LogP contribution >= 0.6 is 0 Å². The summed E-state index contributed by atoms with van der Waals surface area (Å²) in [7, 11) is 0. The van der Waals surface area contributed by atoms with Crippen LogP contribution in [0.5, 0.6) is 0 Å². The summed E-state index contributed by atoms with van der Waals surface area (Å²) in [5, 5.41) is 28.9. The van der Waals surface area contributed by atoms with Crippen LogP contribution < -0.4 is 10.6 Å². The molecule has 5 N–H and O–H groups in total. The third kappa shape index (κ3) is 2.69. The van der Waals surface area contributed by atoms with E-state index in [9.17, 15) is 20.1 Å². The number of benzene rings is 1. The second kappa shape index (κ2) is 5.54. The van der Waals surface area contributed by atoms with E-state index in [4.69, 9.17) is 10.5 Å². The summed E-state index contributed by atoms with van der Waals surface area (Å²) in [6.07, 6.45) is -5.18. The Morgan fingerprint density at radius 3 is 2.42 bits per heavy atom. The average molecular weight is 268 g/mol. The number of nitrogens with zero attached hydrogens (tertiary/aromatic N) is 1. The third-order valence-electron chi connectivity index (χ3n) is 3.00. The van der Waals surface area contributed by atoms with Gasteiger partial charge in [-0.25, -0.2) is 4.79 Å². The second-order valence-electron chi connectivity index (χ2n) is 4.32. The molecular weight excluding hydrogens is 252 g/mol. The molecule has 7 heteroatoms. The van der Waals surface area contributed by atoms with Gasteiger partial charge in [0.15, 0.2) is 6.23 Å². The number of primary amides is 1. The van der Waals surface area contributed by atoms with Gasteiger partial charge >= 0.3 is 6.03 Å². The van der Waals surface area contributed by atoms with E-state index in [1.54, 1.807) is 30.3 Å². The highest BCUT2D eigenvalue weighted by Gasteiger charge is 2.42. The van der Waals surface area contributed by atoms with E-state index >= 15 is 0 Å². The molecule has 2 rings (SSSR count). The molecule has 104 valence electrons. The SMILES string of the molecule is NC(=O)N(c1ccccc1)C1OC[C@@H](O)[C@H](O)[C@H]1O. The van der Waals surface area contributed by atoms with Crippen LogP contribution in [0.3, 0.4) is 0 Å². The van der Waals surface area contributed by atoms with Crippen molar-refractivity contribution in [3.05, 3.63) is 30.3 Å². The summed E-state index contributed by atoms with van der Waals surface area (Å²) in [6.45, 7) is -0.195. The Balaban J connectivity index is 2.28. The van der Waals surface area contributed by atoms with Gasteiger partial charge in [0.25, 0.3) is 0 Å². The van der Waals surface area contributed by atoms with Gasteiger partial charge in [0, 0.05) is 5.69 Å². The number of urea groups is 1. The van der Waals surface area contributed by atoms with Gasteiger partial charge in [-0.2, -0.15) is 0 Å². The van der Waals surface area contributed by atoms with E-state index in [1.165, 1.54) is 0 Å². The fourth-order valence-electron chi connectivity index (χ4n) is 2.01. The lowest BCUT2D eigenvalue weighted by Crippen LogP contribution is -2.61. The van der Waals surface area contributed by atoms with Crippen molar-refractivity contribution < 1.29 is 24.9 Å². The Bertz CT molecular complexity index is 441. The molecule has 1 aliphatic heterocycles. The van der Waals surface area contributed by atoms with E-state index in [0.717, 1.165) is 4.90 Å². The van der Waals surface area contributed by atoms with Crippen molar-refractivity contribution >= 4 is 11.7 Å². The molecule has 1 aliphatic rings. The van der Waals surface area contributed by atoms with E-state index in [0.29, 0.717) is 5.69 Å². The zero-order valence-electron chi connectivity index (χ0n) is 10.1. The van der Waals surface area contributed by atoms with Crippen LogP contribution in [-0.4, -0.2) is 52.5 Å². The largest absolute Gasteiger partial charge is 0.388 e. The summed E-state index contributed by atoms with van der Waals surface area (Å²) >= 11 is 0. The number of nitrogens with two attached hydrogens (primary N) is 1. The number of carbonyl (C=O) groups excluding carboxylic acids is 1. The molecule has 0 spiro atoms. The Kier molecular flexibility index (Phi) is 4.01. The van der Waals surface area contributed by atoms with E-state index in [1.807, 2.05) is 0 Å². The highest BCUT2D eigenvalue weighted by molar-refractivity contribution is 5.91. The van der Waals surface area contributed by atoms with Crippen LogP contribution in [0.25, 0.3) is 0 Å². The first-order valence-electron chi connectivity index (χ1n) is 5.82. The van der Waals surface area contributed by atoms with E-state index in [-0.39, 0.29) is 6.61 Å². The topological polar surface area (TPSA) is 116 Å². The molecule has 0 aromatic heterocycles. The maximum atomic E-state index is 11.5. The first kappa shape index (κ1) is 13.8. The molecule has 4 atom stereocenters. The number of hydrogen-bond acceptors (Lipinski definition) is 5. The number of amides is 2. The van der Waals surface area contributed by atoms with Crippen molar-refractivity contribution in [2.75, 3.05) is 11.5 Å². The fraction of sp³-hybridized carbons (Fsp3) is 0.417. The normalized spacial score (nSPS) is 30.9. The lowest BCUT2D eigenvalue weighted by atomic mass is 10.0. The van der Waals surface area contributed by atoms with Gasteiger partial charge in [-0.3, -0.25) is 4.90 Å². The standard InChI is InChI=1S/C12H16N2O5/c13-12(18)14(7-4-2-1-3-5-7)11-10(17)9(16)8(15)6-19-11/h1-5,8-11,15-17H,6H2,(H2,13,18)/t8-,9+,10-,11?/m1/s1. The molecule has 0 bridgehead atoms. The Hall–Kier alpha value is -1.67. The molecule has 1 aromatic rings. The van der Waals surface area contributed by atoms with Crippen LogP contribution in [0.1, 0.15) is 0 Å². The zero-order valence-corrected chi connectivity index (χ0v) is 10.1. The molecule has 0 saturated carbocycles. The summed E-state index contributed by atoms with van der Waals surface area (Å²) in [5.41, 5.74) is 5.73. The lowest BCUT2D eigenvalue weighted by Gasteiger charge is -2.40. The molecule has 1 heterocycles. The highest BCUT2D eigenvalue weighted by atomic mass is 16.5. The van der Waals surface area contributed by atoms with E-state index in [2.05, 4.69) is 0 Å². The van der Waals surface area contributed by atoms with Crippen molar-refractivity contribution in [1.29, 1.82) is 0 Å². The van der Waals surface area contributed by atoms with Crippen LogP contribution in [0, 0.1) is 0 Å². The smallest absolute Gasteiger partial charge is 0.321 e. The number of aliphatic hydroxyl groups excluding tert-OH is 3. The molecule has 2 amide bonds. The van der Waals surface area contributed by atoms with Gasteiger partial charge in [-0.15, -0.1) is 0 Å². The number of para-hydroxylation sites is 1. The van der Waals surface area contributed by atoms with E-state index < -0.39 is 30.6 Å². The van der Waals surface area contributed by atoms with Crippen molar-refractivity contribution in [2.24, 2.45) is 5.73 Å². The van der Waals surface area contributed by atoms with Gasteiger partial charge < -0.3 is 25.8 Å². The Morgan fingerprint density at radius 1 is 1.21 bits per heavy atom. The minimum Gasteiger partial charge on any atom is -0.388 e. The molecule has 1 saturated heterocycles. The number of ether oxygens (including phenoxy) is 1. The minimum atomic E-state index is -1.45. The molecule has 0 aliphatic carbocycles. The second-order valence-corrected chi connectivity index (χ2v) is 4.32. The maximum absolute atomic E-state index is 11.5. The monoisotopic (exact) mass is 268 g/mol. The van der Waals surface area contributed by atoms with Crippen LogP contribution in [-0.2, 0) is 4.74 Å². The molecule has 19 heavy (non-hydrogen) atoms. The van der Waals surface area contributed by atoms with Gasteiger partial charge in [0.2, 0.25) is 0 Å². The summed E-state index contributed by atoms with van der Waals surface area (Å²) in [6, 6.07) is 7.59. The number of hydrogen-bond donors (Lipinski definition) is 4. The zero-order chi connectivity index (χ0) is 14.0. The predicted molar refractivity (Wildman–Crippen MR) is 66.3 cm³/mol. The molecule has 1 aromatic carbocycles. The van der Waals surface area contributed by atoms with Crippen LogP contribution in [0.4, 0.5) is 10.5 Å². The number of anilines is 1. The van der Waals surface area contributed by atoms with Gasteiger partial charge in [0.1, 0.15) is 18.3 Å². The van der Waals surface area contributed by atoms with Crippen molar-refractivity contribution in [3.63, 3.8) is 0 Å². The number of aliphatic hydroxyl groups is 3. The van der Waals surface area contributed by atoms with Crippen molar-refractivity contribution in [3.8, 4) is 0 Å². The molecule has 0 radical (unpaired) electrons. The van der Waals surface area contributed by atoms with Crippen molar-refractivity contribution in [1.82, 2.24) is 0 Å². The maximum Gasteiger partial charge on any atom is 0.321 e.